The van der Waals surface area contributed by atoms with Gasteiger partial charge in [-0.15, -0.1) is 0 Å². The molecule has 13 heteroatoms. The van der Waals surface area contributed by atoms with E-state index in [1.165, 1.54) is 27.0 Å². The molecule has 2 aliphatic heterocycles. The highest BCUT2D eigenvalue weighted by Gasteiger charge is 2.33. The Bertz CT molecular complexity index is 2170. The molecule has 4 aromatic rings. The number of carbonyl (C=O) groups excluding carboxylic acids is 1. The number of halogens is 2. The van der Waals surface area contributed by atoms with Crippen molar-refractivity contribution in [2.75, 3.05) is 26.2 Å². The van der Waals surface area contributed by atoms with Crippen LogP contribution in [0.3, 0.4) is 0 Å². The average molecular weight is 710 g/mol. The predicted octanol–water partition coefficient (Wildman–Crippen LogP) is 4.32. The number of pyridine rings is 1. The maximum Gasteiger partial charge on any atom is 0.337 e. The summed E-state index contributed by atoms with van der Waals surface area (Å²) >= 11 is 0. The van der Waals surface area contributed by atoms with Gasteiger partial charge in [0.15, 0.2) is 5.65 Å². The number of aromatic nitrogens is 3. The van der Waals surface area contributed by atoms with E-state index in [-0.39, 0.29) is 36.1 Å². The maximum absolute atomic E-state index is 14.5. The Morgan fingerprint density at radius 2 is 1.73 bits per heavy atom. The highest BCUT2D eigenvalue weighted by atomic mass is 19.1. The van der Waals surface area contributed by atoms with Crippen LogP contribution in [0.15, 0.2) is 99.6 Å². The molecule has 52 heavy (non-hydrogen) atoms. The fourth-order valence-corrected chi connectivity index (χ4v) is 7.25. The first-order valence-corrected chi connectivity index (χ1v) is 17.8. The number of hydrogen-bond acceptors (Lipinski definition) is 8. The number of aliphatic hydroxyl groups is 1. The third kappa shape index (κ3) is 7.51. The molecule has 7 rings (SSSR count). The Balaban J connectivity index is 1.09. The summed E-state index contributed by atoms with van der Waals surface area (Å²) in [5.41, 5.74) is 2.44. The Morgan fingerprint density at radius 1 is 0.942 bits per heavy atom. The van der Waals surface area contributed by atoms with Gasteiger partial charge in [0, 0.05) is 24.9 Å². The zero-order valence-electron chi connectivity index (χ0n) is 28.7. The highest BCUT2D eigenvalue weighted by molar-refractivity contribution is 6.00. The fraction of sp³-hybridized carbons (Fsp3) is 0.359. The number of fused-ring (bicyclic) bond motifs is 2. The summed E-state index contributed by atoms with van der Waals surface area (Å²) < 4.78 is 30.8. The zero-order valence-corrected chi connectivity index (χ0v) is 28.7. The van der Waals surface area contributed by atoms with Crippen molar-refractivity contribution >= 4 is 22.8 Å². The number of aliphatic imine (C=N–C) groups is 1. The van der Waals surface area contributed by atoms with Crippen LogP contribution < -0.4 is 21.9 Å². The molecule has 0 saturated heterocycles. The van der Waals surface area contributed by atoms with Gasteiger partial charge >= 0.3 is 5.69 Å². The minimum Gasteiger partial charge on any atom is -0.396 e. The van der Waals surface area contributed by atoms with Crippen molar-refractivity contribution in [1.29, 1.82) is 0 Å². The molecule has 11 nitrogen and oxygen atoms in total. The van der Waals surface area contributed by atoms with Gasteiger partial charge in [-0.2, -0.15) is 0 Å². The number of allylic oxidation sites excluding steroid dienone is 2. The van der Waals surface area contributed by atoms with E-state index in [4.69, 9.17) is 5.11 Å². The summed E-state index contributed by atoms with van der Waals surface area (Å²) in [6, 6.07) is 15.5. The molecular formula is C39H41F2N7O4. The second-order valence-corrected chi connectivity index (χ2v) is 13.5. The molecule has 1 atom stereocenters. The van der Waals surface area contributed by atoms with E-state index in [0.717, 1.165) is 55.7 Å². The molecule has 3 aliphatic rings. The third-order valence-electron chi connectivity index (χ3n) is 9.95. The monoisotopic (exact) mass is 709 g/mol. The third-order valence-corrected chi connectivity index (χ3v) is 9.95. The first-order valence-electron chi connectivity index (χ1n) is 17.8. The normalized spacial score (nSPS) is 19.8. The molecule has 4 heterocycles. The van der Waals surface area contributed by atoms with Crippen LogP contribution in [0.2, 0.25) is 0 Å². The van der Waals surface area contributed by atoms with Gasteiger partial charge in [-0.3, -0.25) is 19.1 Å². The smallest absolute Gasteiger partial charge is 0.337 e. The number of amides is 1. The molecule has 0 radical (unpaired) electrons. The van der Waals surface area contributed by atoms with E-state index in [1.807, 2.05) is 30.3 Å². The Hall–Kier alpha value is -5.27. The quantitative estimate of drug-likeness (QED) is 0.187. The number of aryl methyl sites for hydroxylation is 1. The van der Waals surface area contributed by atoms with E-state index < -0.39 is 35.0 Å². The van der Waals surface area contributed by atoms with Gasteiger partial charge < -0.3 is 20.6 Å². The van der Waals surface area contributed by atoms with Gasteiger partial charge in [-0.25, -0.2) is 23.1 Å². The first kappa shape index (κ1) is 35.1. The lowest BCUT2D eigenvalue weighted by atomic mass is 9.90. The number of hydrogen-bond donors (Lipinski definition) is 3. The SMILES string of the molecule is O=C(NC1CCC(n2c(=O)c3cc(F)cnc3n(-c3cccc(-c4ccc(CCCNCCCO)cc4)c3)c2=O)CC1)C1CN2C=C(F)C=CC2=N1. The minimum atomic E-state index is -0.678. The molecule has 3 N–H and O–H groups in total. The van der Waals surface area contributed by atoms with Crippen LogP contribution in [-0.4, -0.2) is 74.2 Å². The molecule has 0 bridgehead atoms. The number of carbonyl (C=O) groups is 1. The van der Waals surface area contributed by atoms with Crippen LogP contribution in [0.25, 0.3) is 27.8 Å². The lowest BCUT2D eigenvalue weighted by Gasteiger charge is -2.30. The van der Waals surface area contributed by atoms with Gasteiger partial charge in [0.05, 0.1) is 23.8 Å². The van der Waals surface area contributed by atoms with Crippen molar-refractivity contribution in [1.82, 2.24) is 29.7 Å². The molecule has 1 saturated carbocycles. The number of amidine groups is 1. The number of rotatable bonds is 12. The summed E-state index contributed by atoms with van der Waals surface area (Å²) in [6.45, 7) is 2.11. The largest absolute Gasteiger partial charge is 0.396 e. The number of aliphatic hydroxyl groups excluding tert-OH is 1. The summed E-state index contributed by atoms with van der Waals surface area (Å²) in [5.74, 6) is -0.791. The highest BCUT2D eigenvalue weighted by Crippen LogP contribution is 2.29. The Labute approximate surface area is 299 Å². The van der Waals surface area contributed by atoms with Crippen molar-refractivity contribution in [3.63, 3.8) is 0 Å². The molecule has 1 unspecified atom stereocenters. The molecule has 2 aromatic heterocycles. The number of nitrogens with one attached hydrogen (secondary N) is 2. The maximum atomic E-state index is 14.5. The summed E-state index contributed by atoms with van der Waals surface area (Å²) in [6.07, 6.45) is 9.75. The van der Waals surface area contributed by atoms with Crippen LogP contribution in [0.5, 0.6) is 0 Å². The van der Waals surface area contributed by atoms with E-state index in [1.54, 1.807) is 17.0 Å². The van der Waals surface area contributed by atoms with Crippen LogP contribution in [0.4, 0.5) is 8.78 Å². The van der Waals surface area contributed by atoms with Crippen molar-refractivity contribution in [2.45, 2.75) is 63.1 Å². The van der Waals surface area contributed by atoms with E-state index >= 15 is 0 Å². The van der Waals surface area contributed by atoms with Crippen molar-refractivity contribution < 1.29 is 18.7 Å². The summed E-state index contributed by atoms with van der Waals surface area (Å²) in [7, 11) is 0. The topological polar surface area (TPSA) is 134 Å². The van der Waals surface area contributed by atoms with E-state index in [0.29, 0.717) is 37.2 Å². The lowest BCUT2D eigenvalue weighted by Crippen LogP contribution is -2.47. The molecule has 0 spiro atoms. The lowest BCUT2D eigenvalue weighted by molar-refractivity contribution is -0.123. The standard InChI is InChI=1S/C39H41F2N7O4/c40-28-11-16-35-45-34(24-46(35)23-28)37(50)44-30-12-14-31(15-13-30)48-38(51)33-21-29(41)22-43-36(33)47(39(48)52)32-6-1-5-27(20-32)26-9-7-25(8-10-26)4-2-17-42-18-3-19-49/h1,5-11,16,20-23,30-31,34,42,49H,2-4,12-15,17-19,24H2,(H,44,50). The minimum absolute atomic E-state index is 0.00646. The van der Waals surface area contributed by atoms with Crippen LogP contribution >= 0.6 is 0 Å². The fourth-order valence-electron chi connectivity index (χ4n) is 7.25. The van der Waals surface area contributed by atoms with Crippen molar-refractivity contribution in [3.05, 3.63) is 117 Å². The van der Waals surface area contributed by atoms with Crippen molar-refractivity contribution in [2.24, 2.45) is 4.99 Å². The summed E-state index contributed by atoms with van der Waals surface area (Å²) in [4.78, 5) is 51.4. The second kappa shape index (κ2) is 15.5. The van der Waals surface area contributed by atoms with Crippen LogP contribution in [-0.2, 0) is 11.2 Å². The number of nitrogens with zero attached hydrogens (tertiary/aromatic N) is 5. The van der Waals surface area contributed by atoms with E-state index in [2.05, 4.69) is 32.7 Å². The predicted molar refractivity (Wildman–Crippen MR) is 196 cm³/mol. The van der Waals surface area contributed by atoms with Gasteiger partial charge in [-0.05, 0) is 105 Å². The second-order valence-electron chi connectivity index (χ2n) is 13.5. The van der Waals surface area contributed by atoms with Gasteiger partial charge in [-0.1, -0.05) is 36.4 Å². The van der Waals surface area contributed by atoms with Gasteiger partial charge in [0.25, 0.3) is 5.56 Å². The van der Waals surface area contributed by atoms with Crippen molar-refractivity contribution in [3.8, 4) is 16.8 Å². The van der Waals surface area contributed by atoms with Gasteiger partial charge in [0.1, 0.15) is 23.5 Å². The molecule has 1 aliphatic carbocycles. The Morgan fingerprint density at radius 3 is 2.52 bits per heavy atom. The van der Waals surface area contributed by atoms with Gasteiger partial charge in [0.2, 0.25) is 5.91 Å². The summed E-state index contributed by atoms with van der Waals surface area (Å²) in [5, 5.41) is 15.3. The van der Waals surface area contributed by atoms with Crippen LogP contribution in [0, 0.1) is 5.82 Å². The number of benzene rings is 2. The average Bonchev–Trinajstić information content (AvgIpc) is 3.58. The Kier molecular flexibility index (Phi) is 10.5. The first-order chi connectivity index (χ1) is 25.3. The molecule has 2 aromatic carbocycles. The zero-order chi connectivity index (χ0) is 36.2. The molecule has 1 fully saturated rings. The molecule has 1 amide bonds. The molecule has 270 valence electrons. The van der Waals surface area contributed by atoms with E-state index in [9.17, 15) is 23.2 Å². The molecular weight excluding hydrogens is 668 g/mol. The van der Waals surface area contributed by atoms with Crippen LogP contribution in [0.1, 0.15) is 50.1 Å².